The first-order valence-electron chi connectivity index (χ1n) is 5.64. The van der Waals surface area contributed by atoms with E-state index < -0.39 is 0 Å². The van der Waals surface area contributed by atoms with Crippen LogP contribution >= 0.6 is 15.9 Å². The molecule has 2 rings (SSSR count). The topological polar surface area (TPSA) is 64.7 Å². The molecule has 2 aromatic rings. The highest BCUT2D eigenvalue weighted by atomic mass is 79.9. The number of phenols is 1. The summed E-state index contributed by atoms with van der Waals surface area (Å²) in [5, 5.41) is 9.50. The molecule has 3 N–H and O–H groups in total. The van der Waals surface area contributed by atoms with Crippen molar-refractivity contribution in [2.45, 2.75) is 6.61 Å². The molecule has 5 heteroatoms. The number of hydrogen-bond acceptors (Lipinski definition) is 4. The zero-order chi connectivity index (χ0) is 13.8. The third kappa shape index (κ3) is 3.12. The van der Waals surface area contributed by atoms with Crippen molar-refractivity contribution in [1.29, 1.82) is 0 Å². The lowest BCUT2D eigenvalue weighted by atomic mass is 10.2. The van der Waals surface area contributed by atoms with E-state index in [1.54, 1.807) is 19.2 Å². The largest absolute Gasteiger partial charge is 0.506 e. The van der Waals surface area contributed by atoms with Gasteiger partial charge in [-0.2, -0.15) is 0 Å². The molecule has 0 amide bonds. The predicted molar refractivity (Wildman–Crippen MR) is 77.5 cm³/mol. The lowest BCUT2D eigenvalue weighted by Gasteiger charge is -2.11. The van der Waals surface area contributed by atoms with E-state index in [4.69, 9.17) is 15.2 Å². The Labute approximate surface area is 119 Å². The molecule has 0 atom stereocenters. The number of nitrogen functional groups attached to an aromatic ring is 1. The number of halogens is 1. The van der Waals surface area contributed by atoms with Gasteiger partial charge in [0.1, 0.15) is 29.5 Å². The van der Waals surface area contributed by atoms with Gasteiger partial charge < -0.3 is 20.3 Å². The zero-order valence-electron chi connectivity index (χ0n) is 10.4. The van der Waals surface area contributed by atoms with E-state index in [0.717, 1.165) is 15.8 Å². The van der Waals surface area contributed by atoms with Crippen molar-refractivity contribution in [3.8, 4) is 17.2 Å². The molecule has 0 fully saturated rings. The van der Waals surface area contributed by atoms with E-state index in [1.807, 2.05) is 18.2 Å². The van der Waals surface area contributed by atoms with Crippen molar-refractivity contribution in [1.82, 2.24) is 0 Å². The Balaban J connectivity index is 2.16. The molecular formula is C14H14BrNO3. The van der Waals surface area contributed by atoms with Gasteiger partial charge in [-0.05, 0) is 30.3 Å². The number of phenolic OH excluding ortho intramolecular Hbond substituents is 1. The van der Waals surface area contributed by atoms with E-state index in [2.05, 4.69) is 15.9 Å². The summed E-state index contributed by atoms with van der Waals surface area (Å²) in [5.74, 6) is 1.22. The maximum absolute atomic E-state index is 9.50. The second-order valence-electron chi connectivity index (χ2n) is 3.93. The predicted octanol–water partition coefficient (Wildman–Crippen LogP) is 3.32. The van der Waals surface area contributed by atoms with Crippen LogP contribution in [0.25, 0.3) is 0 Å². The summed E-state index contributed by atoms with van der Waals surface area (Å²) in [7, 11) is 1.61. The van der Waals surface area contributed by atoms with Crippen molar-refractivity contribution in [3.63, 3.8) is 0 Å². The average Bonchev–Trinajstić information content (AvgIpc) is 2.42. The van der Waals surface area contributed by atoms with Crippen LogP contribution < -0.4 is 15.2 Å². The van der Waals surface area contributed by atoms with E-state index in [1.165, 1.54) is 6.07 Å². The standard InChI is InChI=1S/C14H14BrNO3/c1-18-10-5-6-11(15)9(7-10)8-19-13-4-2-3-12(17)14(13)16/h2-7,17H,8,16H2,1H3. The Hall–Kier alpha value is -1.88. The van der Waals surface area contributed by atoms with Crippen molar-refractivity contribution in [3.05, 3.63) is 46.4 Å². The Kier molecular flexibility index (Phi) is 4.16. The van der Waals surface area contributed by atoms with Gasteiger partial charge in [-0.15, -0.1) is 0 Å². The first kappa shape index (κ1) is 13.5. The number of nitrogens with two attached hydrogens (primary N) is 1. The van der Waals surface area contributed by atoms with Gasteiger partial charge in [0.25, 0.3) is 0 Å². The zero-order valence-corrected chi connectivity index (χ0v) is 12.0. The molecule has 0 saturated heterocycles. The fourth-order valence-electron chi connectivity index (χ4n) is 1.60. The Morgan fingerprint density at radius 1 is 1.26 bits per heavy atom. The maximum Gasteiger partial charge on any atom is 0.146 e. The molecule has 0 aliphatic rings. The van der Waals surface area contributed by atoms with Crippen molar-refractivity contribution in [2.75, 3.05) is 12.8 Å². The van der Waals surface area contributed by atoms with E-state index in [9.17, 15) is 5.11 Å². The Morgan fingerprint density at radius 3 is 2.79 bits per heavy atom. The van der Waals surface area contributed by atoms with Gasteiger partial charge in [0.15, 0.2) is 0 Å². The Bertz CT molecular complexity index is 587. The molecule has 0 spiro atoms. The molecule has 0 aliphatic carbocycles. The van der Waals surface area contributed by atoms with Gasteiger partial charge in [-0.25, -0.2) is 0 Å². The highest BCUT2D eigenvalue weighted by Crippen LogP contribution is 2.31. The molecule has 0 aliphatic heterocycles. The monoisotopic (exact) mass is 323 g/mol. The van der Waals surface area contributed by atoms with Gasteiger partial charge in [0.2, 0.25) is 0 Å². The molecule has 0 radical (unpaired) electrons. The van der Waals surface area contributed by atoms with Gasteiger partial charge in [0, 0.05) is 10.0 Å². The van der Waals surface area contributed by atoms with Crippen LogP contribution in [-0.2, 0) is 6.61 Å². The van der Waals surface area contributed by atoms with E-state index in [-0.39, 0.29) is 11.4 Å². The summed E-state index contributed by atoms with van der Waals surface area (Å²) in [5.41, 5.74) is 6.90. The molecule has 0 bridgehead atoms. The number of rotatable bonds is 4. The van der Waals surface area contributed by atoms with Crippen molar-refractivity contribution < 1.29 is 14.6 Å². The molecular weight excluding hydrogens is 310 g/mol. The lowest BCUT2D eigenvalue weighted by Crippen LogP contribution is -2.00. The quantitative estimate of drug-likeness (QED) is 0.669. The molecule has 0 aromatic heterocycles. The highest BCUT2D eigenvalue weighted by molar-refractivity contribution is 9.10. The van der Waals surface area contributed by atoms with Crippen LogP contribution in [0.5, 0.6) is 17.2 Å². The second-order valence-corrected chi connectivity index (χ2v) is 4.79. The SMILES string of the molecule is COc1ccc(Br)c(COc2cccc(O)c2N)c1. The molecule has 100 valence electrons. The van der Waals surface area contributed by atoms with Crippen LogP contribution in [0.3, 0.4) is 0 Å². The minimum Gasteiger partial charge on any atom is -0.506 e. The summed E-state index contributed by atoms with van der Waals surface area (Å²) in [6.07, 6.45) is 0. The Morgan fingerprint density at radius 2 is 2.05 bits per heavy atom. The first-order valence-corrected chi connectivity index (χ1v) is 6.44. The second kappa shape index (κ2) is 5.84. The lowest BCUT2D eigenvalue weighted by molar-refractivity contribution is 0.304. The van der Waals surface area contributed by atoms with Gasteiger partial charge >= 0.3 is 0 Å². The summed E-state index contributed by atoms with van der Waals surface area (Å²) in [4.78, 5) is 0. The molecule has 4 nitrogen and oxygen atoms in total. The van der Waals surface area contributed by atoms with Gasteiger partial charge in [-0.1, -0.05) is 22.0 Å². The van der Waals surface area contributed by atoms with Crippen LogP contribution in [-0.4, -0.2) is 12.2 Å². The minimum atomic E-state index is 0.0159. The van der Waals surface area contributed by atoms with Crippen LogP contribution in [0.1, 0.15) is 5.56 Å². The van der Waals surface area contributed by atoms with Crippen LogP contribution in [0.15, 0.2) is 40.9 Å². The number of anilines is 1. The molecule has 19 heavy (non-hydrogen) atoms. The fourth-order valence-corrected chi connectivity index (χ4v) is 1.96. The maximum atomic E-state index is 9.50. The average molecular weight is 324 g/mol. The third-order valence-corrected chi connectivity index (χ3v) is 3.45. The summed E-state index contributed by atoms with van der Waals surface area (Å²) < 4.78 is 11.7. The normalized spacial score (nSPS) is 10.2. The van der Waals surface area contributed by atoms with Gasteiger partial charge in [-0.3, -0.25) is 0 Å². The number of benzene rings is 2. The van der Waals surface area contributed by atoms with Crippen LogP contribution in [0, 0.1) is 0 Å². The number of hydrogen-bond donors (Lipinski definition) is 2. The van der Waals surface area contributed by atoms with Crippen molar-refractivity contribution >= 4 is 21.6 Å². The van der Waals surface area contributed by atoms with Crippen molar-refractivity contribution in [2.24, 2.45) is 0 Å². The molecule has 0 unspecified atom stereocenters. The fraction of sp³-hybridized carbons (Fsp3) is 0.143. The molecule has 0 heterocycles. The minimum absolute atomic E-state index is 0.0159. The van der Waals surface area contributed by atoms with Crippen LogP contribution in [0.4, 0.5) is 5.69 Å². The number of ether oxygens (including phenoxy) is 2. The van der Waals surface area contributed by atoms with E-state index >= 15 is 0 Å². The number of aromatic hydroxyl groups is 1. The molecule has 2 aromatic carbocycles. The first-order chi connectivity index (χ1) is 9.11. The van der Waals surface area contributed by atoms with Gasteiger partial charge in [0.05, 0.1) is 7.11 Å². The van der Waals surface area contributed by atoms with E-state index in [0.29, 0.717) is 12.4 Å². The van der Waals surface area contributed by atoms with Crippen LogP contribution in [0.2, 0.25) is 0 Å². The smallest absolute Gasteiger partial charge is 0.146 e. The summed E-state index contributed by atoms with van der Waals surface area (Å²) in [6.45, 7) is 0.325. The third-order valence-electron chi connectivity index (χ3n) is 2.68. The highest BCUT2D eigenvalue weighted by Gasteiger charge is 2.07. The number of para-hydroxylation sites is 1. The summed E-state index contributed by atoms with van der Waals surface area (Å²) in [6, 6.07) is 10.5. The molecule has 0 saturated carbocycles. The number of methoxy groups -OCH3 is 1. The summed E-state index contributed by atoms with van der Waals surface area (Å²) >= 11 is 3.45.